The fourth-order valence-corrected chi connectivity index (χ4v) is 3.16. The number of benzene rings is 1. The van der Waals surface area contributed by atoms with E-state index in [-0.39, 0.29) is 29.2 Å². The highest BCUT2D eigenvalue weighted by Gasteiger charge is 2.19. The lowest BCUT2D eigenvalue weighted by atomic mass is 10.1. The van der Waals surface area contributed by atoms with Gasteiger partial charge in [0.1, 0.15) is 5.82 Å². The van der Waals surface area contributed by atoms with Gasteiger partial charge in [-0.15, -0.1) is 0 Å². The van der Waals surface area contributed by atoms with Crippen LogP contribution in [0.15, 0.2) is 34.2 Å². The quantitative estimate of drug-likeness (QED) is 0.862. The van der Waals surface area contributed by atoms with Gasteiger partial charge in [-0.2, -0.15) is 4.98 Å². The lowest BCUT2D eigenvalue weighted by Gasteiger charge is -2.18. The maximum absolute atomic E-state index is 12.9. The first-order valence-corrected chi connectivity index (χ1v) is 7.33. The van der Waals surface area contributed by atoms with E-state index in [2.05, 4.69) is 4.98 Å². The normalized spacial score (nSPS) is 14.1. The summed E-state index contributed by atoms with van der Waals surface area (Å²) < 4.78 is 14.5. The van der Waals surface area contributed by atoms with Gasteiger partial charge in [-0.3, -0.25) is 9.36 Å². The van der Waals surface area contributed by atoms with E-state index in [1.165, 1.54) is 23.9 Å². The predicted molar refractivity (Wildman–Crippen MR) is 74.7 cm³/mol. The van der Waals surface area contributed by atoms with Crippen molar-refractivity contribution in [1.29, 1.82) is 0 Å². The molecule has 0 amide bonds. The Balaban J connectivity index is 2.01. The zero-order valence-electron chi connectivity index (χ0n) is 10.7. The topological polar surface area (TPSA) is 55.1 Å². The van der Waals surface area contributed by atoms with Crippen molar-refractivity contribution in [1.82, 2.24) is 9.55 Å². The van der Waals surface area contributed by atoms with Crippen LogP contribution in [-0.2, 0) is 13.0 Å². The molecule has 0 saturated heterocycles. The molecular weight excluding hydrogens is 279 g/mol. The van der Waals surface area contributed by atoms with Gasteiger partial charge in [-0.05, 0) is 24.1 Å². The van der Waals surface area contributed by atoms with Gasteiger partial charge in [-0.25, -0.2) is 4.39 Å². The second kappa shape index (κ2) is 5.28. The molecule has 0 aliphatic carbocycles. The molecule has 0 bridgehead atoms. The molecule has 3 rings (SSSR count). The fourth-order valence-electron chi connectivity index (χ4n) is 2.22. The third-order valence-electron chi connectivity index (χ3n) is 3.26. The van der Waals surface area contributed by atoms with Crippen LogP contribution in [0.5, 0.6) is 5.88 Å². The Morgan fingerprint density at radius 3 is 2.85 bits per heavy atom. The van der Waals surface area contributed by atoms with E-state index < -0.39 is 0 Å². The molecule has 1 aromatic carbocycles. The molecule has 1 aromatic heterocycles. The van der Waals surface area contributed by atoms with Crippen molar-refractivity contribution in [2.24, 2.45) is 0 Å². The first-order chi connectivity index (χ1) is 9.65. The van der Waals surface area contributed by atoms with Crippen molar-refractivity contribution in [3.05, 3.63) is 51.6 Å². The summed E-state index contributed by atoms with van der Waals surface area (Å²) in [5.41, 5.74) is 0.830. The number of thioether (sulfide) groups is 1. The van der Waals surface area contributed by atoms with E-state index in [4.69, 9.17) is 0 Å². The molecule has 0 unspecified atom stereocenters. The number of fused-ring (bicyclic) bond motifs is 1. The van der Waals surface area contributed by atoms with E-state index in [9.17, 15) is 14.3 Å². The van der Waals surface area contributed by atoms with Gasteiger partial charge in [0.2, 0.25) is 5.88 Å². The highest BCUT2D eigenvalue weighted by Crippen LogP contribution is 2.25. The van der Waals surface area contributed by atoms with E-state index in [0.717, 1.165) is 17.7 Å². The number of hydrogen-bond acceptors (Lipinski definition) is 4. The Labute approximate surface area is 119 Å². The molecule has 0 saturated carbocycles. The molecule has 1 N–H and O–H groups in total. The van der Waals surface area contributed by atoms with Crippen LogP contribution >= 0.6 is 11.8 Å². The lowest BCUT2D eigenvalue weighted by Crippen LogP contribution is -2.29. The number of aromatic nitrogens is 2. The largest absolute Gasteiger partial charge is 0.493 e. The zero-order chi connectivity index (χ0) is 14.1. The van der Waals surface area contributed by atoms with Crippen molar-refractivity contribution >= 4 is 11.8 Å². The van der Waals surface area contributed by atoms with Crippen LogP contribution < -0.4 is 5.56 Å². The number of hydrogen-bond donors (Lipinski definition) is 1. The van der Waals surface area contributed by atoms with Crippen LogP contribution in [0.4, 0.5) is 4.39 Å². The van der Waals surface area contributed by atoms with Crippen LogP contribution in [0.25, 0.3) is 0 Å². The maximum atomic E-state index is 12.9. The minimum absolute atomic E-state index is 0.205. The number of aromatic hydroxyl groups is 1. The molecule has 104 valence electrons. The molecule has 1 aliphatic heterocycles. The number of nitrogens with zero attached hydrogens (tertiary/aromatic N) is 2. The van der Waals surface area contributed by atoms with E-state index in [0.29, 0.717) is 11.7 Å². The molecule has 1 aliphatic rings. The number of rotatable bonds is 2. The van der Waals surface area contributed by atoms with Crippen molar-refractivity contribution in [2.75, 3.05) is 5.75 Å². The van der Waals surface area contributed by atoms with Gasteiger partial charge in [0, 0.05) is 18.7 Å². The van der Waals surface area contributed by atoms with Gasteiger partial charge < -0.3 is 5.11 Å². The molecule has 20 heavy (non-hydrogen) atoms. The Kier molecular flexibility index (Phi) is 3.48. The monoisotopic (exact) mass is 292 g/mol. The molecule has 0 radical (unpaired) electrons. The summed E-state index contributed by atoms with van der Waals surface area (Å²) in [6.07, 6.45) is 1.17. The van der Waals surface area contributed by atoms with Gasteiger partial charge in [0.25, 0.3) is 5.56 Å². The summed E-state index contributed by atoms with van der Waals surface area (Å²) in [6.45, 7) is 0.630. The van der Waals surface area contributed by atoms with E-state index in [1.54, 1.807) is 16.7 Å². The molecule has 0 spiro atoms. The second-order valence-electron chi connectivity index (χ2n) is 4.66. The predicted octanol–water partition coefficient (Wildman–Crippen LogP) is 2.17. The van der Waals surface area contributed by atoms with Crippen molar-refractivity contribution < 1.29 is 9.50 Å². The highest BCUT2D eigenvalue weighted by molar-refractivity contribution is 7.99. The number of halogens is 1. The molecule has 6 heteroatoms. The second-order valence-corrected chi connectivity index (χ2v) is 5.72. The minimum atomic E-state index is -0.324. The summed E-state index contributed by atoms with van der Waals surface area (Å²) in [7, 11) is 0. The highest BCUT2D eigenvalue weighted by atomic mass is 32.2. The summed E-state index contributed by atoms with van der Waals surface area (Å²) in [5.74, 6) is 0.359. The van der Waals surface area contributed by atoms with E-state index >= 15 is 0 Å². The average molecular weight is 292 g/mol. The van der Waals surface area contributed by atoms with Crippen molar-refractivity contribution in [3.8, 4) is 5.88 Å². The Hall–Kier alpha value is -1.82. The third kappa shape index (κ3) is 2.43. The SMILES string of the molecule is O=c1c(Cc2ccc(F)cc2)c(O)nc2n1CCCS2. The maximum Gasteiger partial charge on any atom is 0.261 e. The summed E-state index contributed by atoms with van der Waals surface area (Å²) >= 11 is 1.48. The molecule has 0 atom stereocenters. The van der Waals surface area contributed by atoms with Gasteiger partial charge in [0.15, 0.2) is 5.16 Å². The van der Waals surface area contributed by atoms with E-state index in [1.807, 2.05) is 0 Å². The molecule has 2 heterocycles. The van der Waals surface area contributed by atoms with Gasteiger partial charge in [-0.1, -0.05) is 23.9 Å². The van der Waals surface area contributed by atoms with Gasteiger partial charge in [0.05, 0.1) is 5.56 Å². The lowest BCUT2D eigenvalue weighted by molar-refractivity contribution is 0.421. The van der Waals surface area contributed by atoms with Crippen LogP contribution in [0.3, 0.4) is 0 Å². The van der Waals surface area contributed by atoms with Gasteiger partial charge >= 0.3 is 0 Å². The van der Waals surface area contributed by atoms with Crippen molar-refractivity contribution in [2.45, 2.75) is 24.5 Å². The Morgan fingerprint density at radius 1 is 1.35 bits per heavy atom. The third-order valence-corrected chi connectivity index (χ3v) is 4.32. The summed E-state index contributed by atoms with van der Waals surface area (Å²) in [5, 5.41) is 10.5. The minimum Gasteiger partial charge on any atom is -0.493 e. The summed E-state index contributed by atoms with van der Waals surface area (Å²) in [4.78, 5) is 16.5. The molecule has 4 nitrogen and oxygen atoms in total. The zero-order valence-corrected chi connectivity index (χ0v) is 11.5. The molecular formula is C14H13FN2O2S. The Morgan fingerprint density at radius 2 is 2.10 bits per heavy atom. The first-order valence-electron chi connectivity index (χ1n) is 6.35. The fraction of sp³-hybridized carbons (Fsp3) is 0.286. The first kappa shape index (κ1) is 13.2. The average Bonchev–Trinajstić information content (AvgIpc) is 2.45. The molecule has 2 aromatic rings. The van der Waals surface area contributed by atoms with Crippen LogP contribution in [0.2, 0.25) is 0 Å². The van der Waals surface area contributed by atoms with Crippen LogP contribution in [-0.4, -0.2) is 20.4 Å². The summed E-state index contributed by atoms with van der Waals surface area (Å²) in [6, 6.07) is 5.89. The van der Waals surface area contributed by atoms with Crippen molar-refractivity contribution in [3.63, 3.8) is 0 Å². The molecule has 0 fully saturated rings. The standard InChI is InChI=1S/C14H13FN2O2S/c15-10-4-2-9(3-5-10)8-11-12(18)16-14-17(13(11)19)6-1-7-20-14/h2-5,18H,1,6-8H2. The van der Waals surface area contributed by atoms with Crippen LogP contribution in [0.1, 0.15) is 17.5 Å². The van der Waals surface area contributed by atoms with Crippen LogP contribution in [0, 0.1) is 5.82 Å². The Bertz CT molecular complexity index is 698. The smallest absolute Gasteiger partial charge is 0.261 e.